The minimum absolute atomic E-state index is 0.114. The molecule has 12 aromatic rings. The number of fused-ring (bicyclic) bond motifs is 6. The largest absolute Gasteiger partial charge is 0.316 e. The predicted octanol–water partition coefficient (Wildman–Crippen LogP) is 12.4. The van der Waals surface area contributed by atoms with Crippen LogP contribution in [0.15, 0.2) is 109 Å². The number of nitrogens with zero attached hydrogens (tertiary/aromatic N) is 18. The third kappa shape index (κ3) is 9.53. The van der Waals surface area contributed by atoms with Gasteiger partial charge in [-0.3, -0.25) is 9.97 Å². The molecule has 2 aliphatic rings. The van der Waals surface area contributed by atoms with Crippen molar-refractivity contribution in [2.75, 3.05) is 0 Å². The van der Waals surface area contributed by atoms with Crippen molar-refractivity contribution in [2.45, 2.75) is 103 Å². The minimum Gasteiger partial charge on any atom is -0.316 e. The zero-order chi connectivity index (χ0) is 63.3. The van der Waals surface area contributed by atoms with Gasteiger partial charge in [0.25, 0.3) is 0 Å². The monoisotopic (exact) mass is 1140 g/mol. The first-order valence-corrected chi connectivity index (χ1v) is 27.9. The lowest BCUT2D eigenvalue weighted by Crippen LogP contribution is -2.30. The van der Waals surface area contributed by atoms with Crippen molar-refractivity contribution in [3.8, 4) is 45.3 Å². The number of benzene rings is 2. The van der Waals surface area contributed by atoms with Crippen molar-refractivity contribution >= 4 is 44.1 Å². The van der Waals surface area contributed by atoms with E-state index >= 15 is 0 Å². The van der Waals surface area contributed by atoms with Crippen molar-refractivity contribution in [3.63, 3.8) is 0 Å². The SMILES string of the molecule is [2H]C([2H])([2H])c1nnn(C)c1-c1ccc2c3ncc(-c4c(C)nnn4C)cc3n(C(c3ccccc3)C3CCC(F)(F)CC3)c2n1.[2H]C([2H])([2H])c1nnn(C)c1-c1ccc2c3ncc(-c4c(C)nnn4C)cc3n(C(c3ccccc3)C3CCC(F)(F)CC3)c2n1. The van der Waals surface area contributed by atoms with E-state index in [4.69, 9.17) is 28.2 Å². The maximum Gasteiger partial charge on any atom is 0.248 e. The van der Waals surface area contributed by atoms with Gasteiger partial charge >= 0.3 is 0 Å². The molecule has 0 saturated heterocycles. The second kappa shape index (κ2) is 21.0. The van der Waals surface area contributed by atoms with E-state index in [-0.39, 0.29) is 72.4 Å². The van der Waals surface area contributed by atoms with Crippen LogP contribution in [0.5, 0.6) is 0 Å². The van der Waals surface area contributed by atoms with E-state index in [2.05, 4.69) is 50.4 Å². The Kier molecular flexibility index (Phi) is 11.8. The molecule has 0 N–H and O–H groups in total. The Bertz CT molecular complexity index is 4330. The molecule has 18 nitrogen and oxygen atoms in total. The summed E-state index contributed by atoms with van der Waals surface area (Å²) in [5.41, 5.74) is 11.8. The fraction of sp³-hybridized carbons (Fsp3) is 0.355. The average molecular weight is 1140 g/mol. The van der Waals surface area contributed by atoms with E-state index in [0.717, 1.165) is 66.8 Å². The molecule has 0 amide bonds. The number of hydrogen-bond donors (Lipinski definition) is 0. The van der Waals surface area contributed by atoms with Crippen LogP contribution in [-0.2, 0) is 28.2 Å². The van der Waals surface area contributed by atoms with Crippen molar-refractivity contribution < 1.29 is 25.8 Å². The van der Waals surface area contributed by atoms with Crippen molar-refractivity contribution in [3.05, 3.63) is 143 Å². The van der Waals surface area contributed by atoms with Crippen molar-refractivity contribution in [1.29, 1.82) is 0 Å². The van der Waals surface area contributed by atoms with Gasteiger partial charge in [-0.1, -0.05) is 81.5 Å². The molecule has 10 aromatic heterocycles. The summed E-state index contributed by atoms with van der Waals surface area (Å²) in [4.78, 5) is 20.0. The van der Waals surface area contributed by atoms with Gasteiger partial charge < -0.3 is 9.13 Å². The first-order valence-electron chi connectivity index (χ1n) is 30.9. The third-order valence-electron chi connectivity index (χ3n) is 16.9. The zero-order valence-corrected chi connectivity index (χ0v) is 46.9. The second-order valence-electron chi connectivity index (χ2n) is 22.3. The molecule has 2 fully saturated rings. The quantitative estimate of drug-likeness (QED) is 0.118. The van der Waals surface area contributed by atoms with E-state index < -0.39 is 25.5 Å². The van der Waals surface area contributed by atoms with Gasteiger partial charge in [0.1, 0.15) is 22.7 Å². The molecule has 2 unspecified atom stereocenters. The summed E-state index contributed by atoms with van der Waals surface area (Å²) in [6.07, 6.45) is 4.13. The highest BCUT2D eigenvalue weighted by molar-refractivity contribution is 6.07. The molecular weight excluding hydrogens is 1070 g/mol. The molecule has 14 rings (SSSR count). The molecule has 0 spiro atoms. The lowest BCUT2D eigenvalue weighted by atomic mass is 9.79. The molecular formula is C62H62F4N18. The molecule has 84 heavy (non-hydrogen) atoms. The Morgan fingerprint density at radius 2 is 0.833 bits per heavy atom. The number of alkyl halides is 4. The van der Waals surface area contributed by atoms with Crippen LogP contribution in [0, 0.1) is 39.4 Å². The van der Waals surface area contributed by atoms with Crippen LogP contribution in [-0.4, -0.2) is 101 Å². The molecule has 22 heteroatoms. The third-order valence-corrected chi connectivity index (χ3v) is 16.9. The molecule has 2 aliphatic carbocycles. The second-order valence-corrected chi connectivity index (χ2v) is 22.3. The molecule has 10 heterocycles. The van der Waals surface area contributed by atoms with Crippen LogP contribution < -0.4 is 0 Å². The first kappa shape index (κ1) is 47.4. The summed E-state index contributed by atoms with van der Waals surface area (Å²) in [6.45, 7) is -1.23. The molecule has 2 aromatic carbocycles. The highest BCUT2D eigenvalue weighted by atomic mass is 19.3. The summed E-state index contributed by atoms with van der Waals surface area (Å²) >= 11 is 0. The van der Waals surface area contributed by atoms with Gasteiger partial charge in [-0.2, -0.15) is 0 Å². The van der Waals surface area contributed by atoms with Crippen molar-refractivity contribution in [1.82, 2.24) is 89.0 Å². The van der Waals surface area contributed by atoms with Gasteiger partial charge in [-0.25, -0.2) is 46.3 Å². The summed E-state index contributed by atoms with van der Waals surface area (Å²) < 4.78 is 117. The van der Waals surface area contributed by atoms with Gasteiger partial charge in [-0.05, 0) is 113 Å². The fourth-order valence-corrected chi connectivity index (χ4v) is 13.0. The van der Waals surface area contributed by atoms with Crippen LogP contribution in [0.4, 0.5) is 17.6 Å². The topological polar surface area (TPSA) is 184 Å². The smallest absolute Gasteiger partial charge is 0.248 e. The molecule has 2 saturated carbocycles. The van der Waals surface area contributed by atoms with Gasteiger partial charge in [-0.15, -0.1) is 20.4 Å². The van der Waals surface area contributed by atoms with Gasteiger partial charge in [0.05, 0.1) is 79.7 Å². The van der Waals surface area contributed by atoms with Crippen molar-refractivity contribution in [2.24, 2.45) is 40.0 Å². The number of rotatable bonds is 10. The number of hydrogen-bond acceptors (Lipinski definition) is 12. The number of halogens is 4. The molecule has 2 atom stereocenters. The number of aromatic nitrogens is 18. The van der Waals surface area contributed by atoms with E-state index in [1.54, 1.807) is 48.0 Å². The van der Waals surface area contributed by atoms with Gasteiger partial charge in [0.15, 0.2) is 0 Å². The Morgan fingerprint density at radius 3 is 1.18 bits per heavy atom. The Morgan fingerprint density at radius 1 is 0.476 bits per heavy atom. The van der Waals surface area contributed by atoms with E-state index in [1.165, 1.54) is 9.36 Å². The Hall–Kier alpha value is -9.08. The molecule has 428 valence electrons. The summed E-state index contributed by atoms with van der Waals surface area (Å²) in [6, 6.07) is 30.4. The van der Waals surface area contributed by atoms with Crippen LogP contribution in [0.3, 0.4) is 0 Å². The van der Waals surface area contributed by atoms with E-state index in [9.17, 15) is 17.6 Å². The Balaban J connectivity index is 0.000000165. The Labute approximate surface area is 489 Å². The van der Waals surface area contributed by atoms with E-state index in [1.807, 2.05) is 113 Å². The van der Waals surface area contributed by atoms with Crippen LogP contribution in [0.2, 0.25) is 0 Å². The van der Waals surface area contributed by atoms with Crippen LogP contribution >= 0.6 is 0 Å². The normalized spacial score (nSPS) is 17.8. The standard InChI is InChI=1S/2C31H31F2N9/c2*1-18-27(40(3)38-36-18)22-16-25-26(34-17-22)23-10-11-24(28-19(2)37-39-41(28)4)35-30(23)42(25)29(20-8-6-5-7-9-20)21-12-14-31(32,33)15-13-21/h2*5-11,16-17,21,29H,12-15H2,1-4H3/i2*2D3. The number of aryl methyl sites for hydroxylation is 8. The summed E-state index contributed by atoms with van der Waals surface area (Å²) in [5.74, 6) is -5.62. The molecule has 0 bridgehead atoms. The lowest BCUT2D eigenvalue weighted by molar-refractivity contribution is -0.0498. The summed E-state index contributed by atoms with van der Waals surface area (Å²) in [7, 11) is 6.91. The minimum atomic E-state index is -2.69. The highest BCUT2D eigenvalue weighted by Gasteiger charge is 2.41. The van der Waals surface area contributed by atoms with Gasteiger partial charge in [0, 0.05) is 96.4 Å². The van der Waals surface area contributed by atoms with Gasteiger partial charge in [0.2, 0.25) is 11.8 Å². The molecule has 0 aliphatic heterocycles. The lowest BCUT2D eigenvalue weighted by Gasteiger charge is -2.35. The fourth-order valence-electron chi connectivity index (χ4n) is 13.0. The van der Waals surface area contributed by atoms with Crippen LogP contribution in [0.1, 0.15) is 106 Å². The zero-order valence-electron chi connectivity index (χ0n) is 52.9. The van der Waals surface area contributed by atoms with Crippen LogP contribution in [0.25, 0.3) is 89.4 Å². The molecule has 0 radical (unpaired) electrons. The highest BCUT2D eigenvalue weighted by Crippen LogP contribution is 2.48. The first-order chi connectivity index (χ1) is 42.9. The number of pyridine rings is 4. The maximum atomic E-state index is 14.5. The summed E-state index contributed by atoms with van der Waals surface area (Å²) in [5, 5.41) is 34.2. The maximum absolute atomic E-state index is 14.5. The average Bonchev–Trinajstić information content (AvgIpc) is 1.58. The van der Waals surface area contributed by atoms with E-state index in [0.29, 0.717) is 59.4 Å². The predicted molar refractivity (Wildman–Crippen MR) is 312 cm³/mol.